The van der Waals surface area contributed by atoms with Crippen LogP contribution in [0.4, 0.5) is 0 Å². The van der Waals surface area contributed by atoms with E-state index in [0.717, 1.165) is 57.9 Å². The fourth-order valence-corrected chi connectivity index (χ4v) is 2.64. The van der Waals surface area contributed by atoms with Crippen molar-refractivity contribution >= 4 is 0 Å². The summed E-state index contributed by atoms with van der Waals surface area (Å²) in [5, 5.41) is 3.41. The largest absolute Gasteiger partial charge is 0.492 e. The van der Waals surface area contributed by atoms with Crippen molar-refractivity contribution in [3.05, 3.63) is 29.8 Å². The molecule has 1 saturated heterocycles. The maximum absolute atomic E-state index is 5.87. The Hall–Kier alpha value is -1.10. The molecule has 0 bridgehead atoms. The molecule has 1 aromatic rings. The Kier molecular flexibility index (Phi) is 7.00. The van der Waals surface area contributed by atoms with Gasteiger partial charge in [0.15, 0.2) is 0 Å². The third kappa shape index (κ3) is 5.65. The van der Waals surface area contributed by atoms with E-state index in [4.69, 9.17) is 9.47 Å². The predicted molar refractivity (Wildman–Crippen MR) is 85.8 cm³/mol. The van der Waals surface area contributed by atoms with E-state index in [1.807, 2.05) is 6.07 Å². The summed E-state index contributed by atoms with van der Waals surface area (Å²) in [4.78, 5) is 2.40. The van der Waals surface area contributed by atoms with Crippen molar-refractivity contribution in [2.45, 2.75) is 32.4 Å². The summed E-state index contributed by atoms with van der Waals surface area (Å²) in [7, 11) is 1.79. The Morgan fingerprint density at radius 2 is 2.29 bits per heavy atom. The first-order valence-corrected chi connectivity index (χ1v) is 7.99. The smallest absolute Gasteiger partial charge is 0.119 e. The van der Waals surface area contributed by atoms with Crippen LogP contribution in [0.15, 0.2) is 24.3 Å². The summed E-state index contributed by atoms with van der Waals surface area (Å²) in [5.74, 6) is 0.966. The highest BCUT2D eigenvalue weighted by Gasteiger charge is 2.21. The van der Waals surface area contributed by atoms with Gasteiger partial charge >= 0.3 is 0 Å². The molecule has 1 fully saturated rings. The third-order valence-corrected chi connectivity index (χ3v) is 3.89. The first kappa shape index (κ1) is 16.3. The van der Waals surface area contributed by atoms with Gasteiger partial charge in [0.2, 0.25) is 0 Å². The molecular weight excluding hydrogens is 264 g/mol. The quantitative estimate of drug-likeness (QED) is 0.708. The van der Waals surface area contributed by atoms with E-state index in [9.17, 15) is 0 Å². The van der Waals surface area contributed by atoms with Gasteiger partial charge < -0.3 is 14.8 Å². The van der Waals surface area contributed by atoms with Gasteiger partial charge in [-0.3, -0.25) is 4.90 Å². The van der Waals surface area contributed by atoms with Gasteiger partial charge in [-0.25, -0.2) is 0 Å². The maximum atomic E-state index is 5.87. The summed E-state index contributed by atoms with van der Waals surface area (Å²) in [6.45, 7) is 8.00. The van der Waals surface area contributed by atoms with Crippen LogP contribution in [0.25, 0.3) is 0 Å². The monoisotopic (exact) mass is 292 g/mol. The fraction of sp³-hybridized carbons (Fsp3) is 0.647. The summed E-state index contributed by atoms with van der Waals surface area (Å²) >= 11 is 0. The van der Waals surface area contributed by atoms with Gasteiger partial charge in [0.05, 0.1) is 6.10 Å². The molecule has 21 heavy (non-hydrogen) atoms. The number of ether oxygens (including phenoxy) is 2. The molecule has 1 aliphatic heterocycles. The van der Waals surface area contributed by atoms with Crippen LogP contribution in [0, 0.1) is 0 Å². The van der Waals surface area contributed by atoms with Crippen molar-refractivity contribution in [2.75, 3.05) is 39.9 Å². The molecule has 4 heteroatoms. The normalized spacial score (nSPS) is 19.0. The summed E-state index contributed by atoms with van der Waals surface area (Å²) in [5.41, 5.74) is 1.28. The van der Waals surface area contributed by atoms with Gasteiger partial charge in [-0.05, 0) is 37.1 Å². The molecule has 1 heterocycles. The molecule has 118 valence electrons. The topological polar surface area (TPSA) is 33.7 Å². The summed E-state index contributed by atoms with van der Waals surface area (Å²) in [6.07, 6.45) is 2.70. The van der Waals surface area contributed by atoms with Crippen LogP contribution in [0.1, 0.15) is 25.3 Å². The van der Waals surface area contributed by atoms with Gasteiger partial charge in [0.25, 0.3) is 0 Å². The second-order valence-corrected chi connectivity index (χ2v) is 5.62. The van der Waals surface area contributed by atoms with Crippen LogP contribution in [0.3, 0.4) is 0 Å². The van der Waals surface area contributed by atoms with Crippen molar-refractivity contribution in [1.29, 1.82) is 0 Å². The number of likely N-dealkylation sites (tertiary alicyclic amines) is 1. The van der Waals surface area contributed by atoms with Crippen molar-refractivity contribution in [2.24, 2.45) is 0 Å². The van der Waals surface area contributed by atoms with E-state index in [2.05, 4.69) is 35.3 Å². The van der Waals surface area contributed by atoms with Crippen molar-refractivity contribution in [3.63, 3.8) is 0 Å². The minimum atomic E-state index is 0.401. The van der Waals surface area contributed by atoms with Crippen LogP contribution >= 0.6 is 0 Å². The number of rotatable bonds is 9. The molecule has 1 unspecified atom stereocenters. The molecule has 0 amide bonds. The lowest BCUT2D eigenvalue weighted by Crippen LogP contribution is -2.27. The Labute approximate surface area is 128 Å². The second kappa shape index (κ2) is 9.03. The second-order valence-electron chi connectivity index (χ2n) is 5.62. The Balaban J connectivity index is 1.69. The predicted octanol–water partition coefficient (Wildman–Crippen LogP) is 2.29. The Morgan fingerprint density at radius 1 is 1.38 bits per heavy atom. The van der Waals surface area contributed by atoms with E-state index in [1.165, 1.54) is 5.56 Å². The van der Waals surface area contributed by atoms with Crippen molar-refractivity contribution in [3.8, 4) is 5.75 Å². The number of methoxy groups -OCH3 is 1. The molecule has 1 aliphatic rings. The first-order valence-electron chi connectivity index (χ1n) is 7.99. The molecular formula is C17H28N2O2. The number of nitrogens with one attached hydrogen (secondary N) is 1. The van der Waals surface area contributed by atoms with Crippen molar-refractivity contribution in [1.82, 2.24) is 10.2 Å². The minimum Gasteiger partial charge on any atom is -0.492 e. The Morgan fingerprint density at radius 3 is 3.05 bits per heavy atom. The van der Waals surface area contributed by atoms with Gasteiger partial charge in [-0.2, -0.15) is 0 Å². The van der Waals surface area contributed by atoms with Crippen LogP contribution in [0.2, 0.25) is 0 Å². The maximum Gasteiger partial charge on any atom is 0.119 e. The molecule has 0 saturated carbocycles. The van der Waals surface area contributed by atoms with Gasteiger partial charge in [-0.1, -0.05) is 19.1 Å². The molecule has 2 rings (SSSR count). The third-order valence-electron chi connectivity index (χ3n) is 3.89. The molecule has 0 spiro atoms. The van der Waals surface area contributed by atoms with Gasteiger partial charge in [-0.15, -0.1) is 0 Å². The first-order chi connectivity index (χ1) is 10.3. The van der Waals surface area contributed by atoms with Crippen LogP contribution in [-0.4, -0.2) is 50.9 Å². The van der Waals surface area contributed by atoms with Gasteiger partial charge in [0.1, 0.15) is 12.4 Å². The van der Waals surface area contributed by atoms with Crippen LogP contribution in [-0.2, 0) is 11.3 Å². The number of nitrogens with zero attached hydrogens (tertiary/aromatic N) is 1. The zero-order valence-electron chi connectivity index (χ0n) is 13.3. The fourth-order valence-electron chi connectivity index (χ4n) is 2.64. The highest BCUT2D eigenvalue weighted by Crippen LogP contribution is 2.14. The molecule has 1 atom stereocenters. The Bertz CT molecular complexity index is 412. The lowest BCUT2D eigenvalue weighted by molar-refractivity contribution is 0.106. The van der Waals surface area contributed by atoms with E-state index < -0.39 is 0 Å². The van der Waals surface area contributed by atoms with Crippen molar-refractivity contribution < 1.29 is 9.47 Å². The molecule has 1 N–H and O–H groups in total. The van der Waals surface area contributed by atoms with E-state index in [0.29, 0.717) is 6.10 Å². The minimum absolute atomic E-state index is 0.401. The lowest BCUT2D eigenvalue weighted by Gasteiger charge is -2.16. The number of hydrogen-bond acceptors (Lipinski definition) is 4. The highest BCUT2D eigenvalue weighted by molar-refractivity contribution is 5.28. The summed E-state index contributed by atoms with van der Waals surface area (Å²) in [6, 6.07) is 8.37. The molecule has 0 aromatic heterocycles. The highest BCUT2D eigenvalue weighted by atomic mass is 16.5. The molecule has 0 radical (unpaired) electrons. The number of hydrogen-bond donors (Lipinski definition) is 1. The molecule has 4 nitrogen and oxygen atoms in total. The average Bonchev–Trinajstić information content (AvgIpc) is 2.96. The zero-order chi connectivity index (χ0) is 14.9. The van der Waals surface area contributed by atoms with E-state index in [1.54, 1.807) is 7.11 Å². The van der Waals surface area contributed by atoms with E-state index >= 15 is 0 Å². The molecule has 0 aliphatic carbocycles. The summed E-state index contributed by atoms with van der Waals surface area (Å²) < 4.78 is 11.3. The zero-order valence-corrected chi connectivity index (χ0v) is 13.3. The van der Waals surface area contributed by atoms with E-state index in [-0.39, 0.29) is 0 Å². The standard InChI is InChI=1S/C17H28N2O2/c1-3-8-18-13-15-5-4-6-16(12-15)21-11-10-19-9-7-17(14-19)20-2/h4-6,12,17-18H,3,7-11,13-14H2,1-2H3. The van der Waals surface area contributed by atoms with Crippen LogP contribution in [0.5, 0.6) is 5.75 Å². The number of benzene rings is 1. The molecule has 1 aromatic carbocycles. The van der Waals surface area contributed by atoms with Gasteiger partial charge in [0, 0.05) is 33.3 Å². The lowest BCUT2D eigenvalue weighted by atomic mass is 10.2. The van der Waals surface area contributed by atoms with Crippen LogP contribution < -0.4 is 10.1 Å². The SMILES string of the molecule is CCCNCc1cccc(OCCN2CCC(OC)C2)c1. The average molecular weight is 292 g/mol.